The minimum atomic E-state index is -0.578. The molecule has 7 aliphatic rings. The number of halogens is 4. The molecular formula is C68H92Cl2F2N12O3. The predicted molar refractivity (Wildman–Crippen MR) is 337 cm³/mol. The highest BCUT2D eigenvalue weighted by atomic mass is 35.5. The van der Waals surface area contributed by atoms with Gasteiger partial charge in [0.15, 0.2) is 0 Å². The van der Waals surface area contributed by atoms with E-state index in [2.05, 4.69) is 51.2 Å². The lowest BCUT2D eigenvalue weighted by Gasteiger charge is -2.48. The molecule has 4 N–H and O–H groups in total. The van der Waals surface area contributed by atoms with E-state index < -0.39 is 11.6 Å². The summed E-state index contributed by atoms with van der Waals surface area (Å²) in [6.07, 6.45) is 34.5. The fourth-order valence-electron chi connectivity index (χ4n) is 15.9. The smallest absolute Gasteiger partial charge is 0.240 e. The number of likely N-dealkylation sites (tertiary alicyclic amines) is 2. The number of rotatable bonds is 20. The second-order valence-electron chi connectivity index (χ2n) is 27.0. The van der Waals surface area contributed by atoms with E-state index >= 15 is 0 Å². The Hall–Kier alpha value is -5.49. The number of aromatic nitrogens is 6. The average Bonchev–Trinajstić information content (AvgIpc) is 2.61. The van der Waals surface area contributed by atoms with E-state index in [0.29, 0.717) is 40.4 Å². The van der Waals surface area contributed by atoms with Crippen LogP contribution in [0, 0.1) is 40.2 Å². The number of benzene rings is 3. The topological polar surface area (TPSA) is 167 Å². The highest BCUT2D eigenvalue weighted by Crippen LogP contribution is 2.49. The van der Waals surface area contributed by atoms with Crippen molar-refractivity contribution in [2.75, 3.05) is 31.5 Å². The van der Waals surface area contributed by atoms with E-state index in [4.69, 9.17) is 23.2 Å². The van der Waals surface area contributed by atoms with Crippen molar-refractivity contribution in [2.24, 2.45) is 28.6 Å². The molecule has 2 aromatic heterocycles. The lowest BCUT2D eigenvalue weighted by atomic mass is 9.63. The summed E-state index contributed by atoms with van der Waals surface area (Å²) in [5, 5.41) is 24.4. The van der Waals surface area contributed by atoms with E-state index in [1.165, 1.54) is 76.3 Å². The van der Waals surface area contributed by atoms with Crippen molar-refractivity contribution in [1.29, 1.82) is 0 Å². The highest BCUT2D eigenvalue weighted by Gasteiger charge is 2.46. The Labute approximate surface area is 523 Å². The molecule has 15 nitrogen and oxygen atoms in total. The Morgan fingerprint density at radius 1 is 0.529 bits per heavy atom. The quantitative estimate of drug-likeness (QED) is 0.0589. The Balaban J connectivity index is 0.000000181. The Kier molecular flexibility index (Phi) is 21.7. The van der Waals surface area contributed by atoms with Crippen LogP contribution >= 0.6 is 23.2 Å². The van der Waals surface area contributed by atoms with E-state index in [-0.39, 0.29) is 70.7 Å². The first-order chi connectivity index (χ1) is 42.3. The number of hydrogen-bond acceptors (Lipinski definition) is 10. The number of piperidine rings is 2. The van der Waals surface area contributed by atoms with Crippen molar-refractivity contribution < 1.29 is 23.2 Å². The summed E-state index contributed by atoms with van der Waals surface area (Å²) in [5.74, 6) is 1.06. The monoisotopic (exact) mass is 1230 g/mol. The van der Waals surface area contributed by atoms with E-state index in [0.717, 1.165) is 146 Å². The second kappa shape index (κ2) is 29.9. The largest absolute Gasteiger partial charge is 0.380 e. The van der Waals surface area contributed by atoms with Crippen molar-refractivity contribution in [3.63, 3.8) is 0 Å². The van der Waals surface area contributed by atoms with Crippen LogP contribution in [0.4, 0.5) is 14.5 Å². The number of carbonyl (C=O) groups excluding carboxylic acids is 3. The maximum atomic E-state index is 14.2. The maximum Gasteiger partial charge on any atom is 0.240 e. The Bertz CT molecular complexity index is 2940. The first kappa shape index (κ1) is 63.1. The summed E-state index contributed by atoms with van der Waals surface area (Å²) in [6, 6.07) is 19.5. The van der Waals surface area contributed by atoms with Crippen LogP contribution in [0.1, 0.15) is 165 Å². The molecule has 87 heavy (non-hydrogen) atoms. The molecule has 3 amide bonds. The molecule has 0 unspecified atom stereocenters. The van der Waals surface area contributed by atoms with Crippen LogP contribution in [0.2, 0.25) is 10.0 Å². The lowest BCUT2D eigenvalue weighted by molar-refractivity contribution is -0.138. The molecule has 0 spiro atoms. The average molecular weight is 1230 g/mol. The molecule has 4 heterocycles. The summed E-state index contributed by atoms with van der Waals surface area (Å²) in [7, 11) is 0. The third-order valence-electron chi connectivity index (χ3n) is 21.2. The highest BCUT2D eigenvalue weighted by molar-refractivity contribution is 6.30. The standard InChI is InChI=1S/C35H45ClF2N6O.C33H47ClN6O2/c36-27-8-6-25(7-9-27)20-33(42-30-13-11-29(12-14-30)41-32-15-10-28(37)21-31(32)38)34(45)43-18-16-35(17-19-43,22-44-24-39-23-40-44)26-4-2-1-3-5-26;34-27-10-6-24(7-11-27)20-30(37-28-12-14-29(15-13-28)38-31(41)25-8-9-25)32(42)39-18-16-33(17-19-39,21-40-23-35-22-36-40)26-4-2-1-3-5-26/h6-10,15,21,23-24,26,29-30,33,41-42H,1-5,11-14,16-20,22H2;6-7,10-11,22-23,25-26,28-30,37H,1-5,8-9,12-21H2,(H,38,41)/t29?,30?,33-;28?,29?,30-/m11/s1. The van der Waals surface area contributed by atoms with Crippen LogP contribution in [0.15, 0.2) is 92.0 Å². The van der Waals surface area contributed by atoms with Gasteiger partial charge in [0.05, 0.1) is 17.8 Å². The van der Waals surface area contributed by atoms with E-state index in [9.17, 15) is 23.2 Å². The van der Waals surface area contributed by atoms with Gasteiger partial charge in [-0.2, -0.15) is 10.2 Å². The zero-order valence-electron chi connectivity index (χ0n) is 50.8. The zero-order chi connectivity index (χ0) is 60.2. The number of carbonyl (C=O) groups is 3. The molecule has 5 aromatic rings. The second-order valence-corrected chi connectivity index (χ2v) is 27.9. The van der Waals surface area contributed by atoms with Crippen molar-refractivity contribution in [3.8, 4) is 0 Å². The SMILES string of the molecule is O=C(NC1CCC(N[C@H](Cc2ccc(Cl)cc2)C(=O)N2CCC(Cn3cncn3)(C3CCCCC3)CC2)CC1)C1CC1.O=C([C@@H](Cc1ccc(Cl)cc1)NC1CCC(Nc2ccc(F)cc2F)CC1)N1CCC(Cn2cncn2)(C2CCCCC2)CC1. The van der Waals surface area contributed by atoms with Crippen molar-refractivity contribution in [2.45, 2.75) is 216 Å². The first-order valence-electron chi connectivity index (χ1n) is 33.1. The van der Waals surface area contributed by atoms with Gasteiger partial charge in [-0.05, 0) is 199 Å². The lowest BCUT2D eigenvalue weighted by Crippen LogP contribution is -2.56. The van der Waals surface area contributed by atoms with Gasteiger partial charge in [-0.3, -0.25) is 23.7 Å². The van der Waals surface area contributed by atoms with Gasteiger partial charge >= 0.3 is 0 Å². The molecule has 0 bridgehead atoms. The molecule has 5 saturated carbocycles. The number of anilines is 1. The van der Waals surface area contributed by atoms with Gasteiger partial charge in [-0.1, -0.05) is 86.0 Å². The summed E-state index contributed by atoms with van der Waals surface area (Å²) < 4.78 is 31.6. The molecule has 12 rings (SSSR count). The maximum absolute atomic E-state index is 14.2. The molecule has 7 fully saturated rings. The number of nitrogens with zero attached hydrogens (tertiary/aromatic N) is 8. The molecule has 2 aliphatic heterocycles. The zero-order valence-corrected chi connectivity index (χ0v) is 52.3. The van der Waals surface area contributed by atoms with Crippen LogP contribution < -0.4 is 21.3 Å². The molecule has 5 aliphatic carbocycles. The molecule has 2 saturated heterocycles. The van der Waals surface area contributed by atoms with E-state index in [1.807, 2.05) is 70.5 Å². The van der Waals surface area contributed by atoms with Gasteiger partial charge in [0.2, 0.25) is 17.7 Å². The normalized spacial score (nSPS) is 24.3. The summed E-state index contributed by atoms with van der Waals surface area (Å²) in [4.78, 5) is 53.3. The number of nitrogens with one attached hydrogen (secondary N) is 4. The van der Waals surface area contributed by atoms with Gasteiger partial charge in [0.25, 0.3) is 0 Å². The third-order valence-corrected chi connectivity index (χ3v) is 21.7. The minimum absolute atomic E-state index is 0.105. The number of hydrogen-bond donors (Lipinski definition) is 4. The molecule has 19 heteroatoms. The van der Waals surface area contributed by atoms with Gasteiger partial charge in [0, 0.05) is 85.5 Å². The molecule has 470 valence electrons. The third kappa shape index (κ3) is 17.1. The Morgan fingerprint density at radius 3 is 1.36 bits per heavy atom. The molecular weight excluding hydrogens is 1140 g/mol. The summed E-state index contributed by atoms with van der Waals surface area (Å²) in [5.41, 5.74) is 2.84. The van der Waals surface area contributed by atoms with Crippen LogP contribution in [0.25, 0.3) is 0 Å². The summed E-state index contributed by atoms with van der Waals surface area (Å²) >= 11 is 12.3. The number of amides is 3. The summed E-state index contributed by atoms with van der Waals surface area (Å²) in [6.45, 7) is 4.86. The van der Waals surface area contributed by atoms with Gasteiger partial charge in [0.1, 0.15) is 36.9 Å². The van der Waals surface area contributed by atoms with Crippen molar-refractivity contribution in [1.82, 2.24) is 55.3 Å². The van der Waals surface area contributed by atoms with Crippen LogP contribution in [-0.4, -0.2) is 119 Å². The van der Waals surface area contributed by atoms with Crippen LogP contribution in [0.3, 0.4) is 0 Å². The minimum Gasteiger partial charge on any atom is -0.380 e. The fraction of sp³-hybridized carbons (Fsp3) is 0.632. The van der Waals surface area contributed by atoms with Gasteiger partial charge in [-0.15, -0.1) is 0 Å². The molecule has 3 aromatic carbocycles. The first-order valence-corrected chi connectivity index (χ1v) is 33.9. The van der Waals surface area contributed by atoms with Crippen LogP contribution in [-0.2, 0) is 40.3 Å². The van der Waals surface area contributed by atoms with Crippen LogP contribution in [0.5, 0.6) is 0 Å². The van der Waals surface area contributed by atoms with Gasteiger partial charge < -0.3 is 31.1 Å². The van der Waals surface area contributed by atoms with Gasteiger partial charge in [-0.25, -0.2) is 18.7 Å². The molecule has 2 atom stereocenters. The van der Waals surface area contributed by atoms with Crippen molar-refractivity contribution >= 4 is 46.6 Å². The molecule has 0 radical (unpaired) electrons. The van der Waals surface area contributed by atoms with Crippen molar-refractivity contribution in [3.05, 3.63) is 125 Å². The Morgan fingerprint density at radius 2 is 0.954 bits per heavy atom. The fourth-order valence-corrected chi connectivity index (χ4v) is 16.1. The predicted octanol–water partition coefficient (Wildman–Crippen LogP) is 12.2. The van der Waals surface area contributed by atoms with E-state index in [1.54, 1.807) is 12.7 Å².